The summed E-state index contributed by atoms with van der Waals surface area (Å²) in [5.74, 6) is -1.66. The molecule has 4 aliphatic rings. The standard InChI is InChI=1S/C34H39N3O4S/c1-4-16-35-17-8-12-27-28(31(35)39)29-32(40)37(25(21-38)20-24-10-6-5-7-11-24)30-33(41)36(18-9-15-34(29,30)42-27)26-19-22(2)13-14-23(26)3/h5-15,19,25,27-30,38H,4,16-18,20-21H2,1-3H3/t25-,27+,28-,29+,30?,34+/m1/s1. The quantitative estimate of drug-likeness (QED) is 0.499. The molecule has 0 aliphatic carbocycles. The SMILES string of the molecule is CCCN1CC=C[C@@H]2S[C@]34C=CCN(c5cc(C)ccc5C)C(=O)C3N([C@@H](CO)Cc3ccccc3)C(=O)[C@@H]4[C@@H]2C1=O. The van der Waals surface area contributed by atoms with Crippen molar-refractivity contribution in [2.45, 2.75) is 55.7 Å². The van der Waals surface area contributed by atoms with Gasteiger partial charge < -0.3 is 19.8 Å². The summed E-state index contributed by atoms with van der Waals surface area (Å²) in [5.41, 5.74) is 3.83. The molecular formula is C34H39N3O4S. The smallest absolute Gasteiger partial charge is 0.251 e. The fourth-order valence-electron chi connectivity index (χ4n) is 7.36. The average Bonchev–Trinajstić information content (AvgIpc) is 3.31. The zero-order valence-corrected chi connectivity index (χ0v) is 25.3. The summed E-state index contributed by atoms with van der Waals surface area (Å²) in [6.07, 6.45) is 9.41. The van der Waals surface area contributed by atoms with Crippen molar-refractivity contribution < 1.29 is 19.5 Å². The fraction of sp³-hybridized carbons (Fsp3) is 0.441. The van der Waals surface area contributed by atoms with Crippen LogP contribution in [0.25, 0.3) is 0 Å². The van der Waals surface area contributed by atoms with Crippen LogP contribution in [0.4, 0.5) is 5.69 Å². The third-order valence-electron chi connectivity index (χ3n) is 9.25. The van der Waals surface area contributed by atoms with Crippen LogP contribution in [0.3, 0.4) is 0 Å². The number of aliphatic hydroxyl groups is 1. The minimum atomic E-state index is -0.921. The molecule has 220 valence electrons. The number of fused-ring (bicyclic) bond motifs is 2. The summed E-state index contributed by atoms with van der Waals surface area (Å²) < 4.78 is -0.921. The maximum absolute atomic E-state index is 14.9. The van der Waals surface area contributed by atoms with Crippen LogP contribution in [0.15, 0.2) is 72.8 Å². The molecule has 1 spiro atoms. The minimum absolute atomic E-state index is 0.0183. The van der Waals surface area contributed by atoms with E-state index in [1.54, 1.807) is 21.6 Å². The lowest BCUT2D eigenvalue weighted by Gasteiger charge is -2.38. The first-order valence-corrected chi connectivity index (χ1v) is 15.8. The van der Waals surface area contributed by atoms with Crippen molar-refractivity contribution in [3.05, 3.63) is 89.5 Å². The second-order valence-electron chi connectivity index (χ2n) is 12.0. The van der Waals surface area contributed by atoms with Gasteiger partial charge >= 0.3 is 0 Å². The predicted octanol–water partition coefficient (Wildman–Crippen LogP) is 3.92. The highest BCUT2D eigenvalue weighted by atomic mass is 32.2. The van der Waals surface area contributed by atoms with Gasteiger partial charge in [-0.15, -0.1) is 11.8 Å². The zero-order valence-electron chi connectivity index (χ0n) is 24.5. The number of aliphatic hydroxyl groups excluding tert-OH is 1. The number of likely N-dealkylation sites (tertiary alicyclic amines) is 1. The Hall–Kier alpha value is -3.36. The number of carbonyl (C=O) groups is 3. The van der Waals surface area contributed by atoms with Crippen LogP contribution in [0.1, 0.15) is 30.0 Å². The van der Waals surface area contributed by atoms with Crippen LogP contribution in [-0.2, 0) is 20.8 Å². The molecule has 0 aromatic heterocycles. The molecule has 42 heavy (non-hydrogen) atoms. The van der Waals surface area contributed by atoms with E-state index in [-0.39, 0.29) is 29.6 Å². The maximum Gasteiger partial charge on any atom is 0.251 e. The van der Waals surface area contributed by atoms with Crippen molar-refractivity contribution in [2.75, 3.05) is 31.1 Å². The van der Waals surface area contributed by atoms with E-state index in [4.69, 9.17) is 0 Å². The Bertz CT molecular complexity index is 1440. The third-order valence-corrected chi connectivity index (χ3v) is 11.0. The lowest BCUT2D eigenvalue weighted by Crippen LogP contribution is -2.57. The summed E-state index contributed by atoms with van der Waals surface area (Å²) in [7, 11) is 0. The molecule has 7 nitrogen and oxygen atoms in total. The second-order valence-corrected chi connectivity index (χ2v) is 13.5. The van der Waals surface area contributed by atoms with Gasteiger partial charge in [-0.1, -0.05) is 73.7 Å². The Morgan fingerprint density at radius 2 is 1.79 bits per heavy atom. The van der Waals surface area contributed by atoms with Crippen LogP contribution >= 0.6 is 11.8 Å². The first-order chi connectivity index (χ1) is 20.3. The Labute approximate surface area is 252 Å². The van der Waals surface area contributed by atoms with Crippen molar-refractivity contribution in [3.8, 4) is 0 Å². The fourth-order valence-corrected chi connectivity index (χ4v) is 9.35. The van der Waals surface area contributed by atoms with Crippen molar-refractivity contribution >= 4 is 35.2 Å². The number of aryl methyl sites for hydroxylation is 2. The Morgan fingerprint density at radius 3 is 2.52 bits per heavy atom. The number of rotatable bonds is 7. The minimum Gasteiger partial charge on any atom is -0.394 e. The summed E-state index contributed by atoms with van der Waals surface area (Å²) in [6, 6.07) is 14.4. The summed E-state index contributed by atoms with van der Waals surface area (Å²) in [4.78, 5) is 49.0. The van der Waals surface area contributed by atoms with E-state index in [0.717, 1.165) is 28.8 Å². The molecule has 6 rings (SSSR count). The summed E-state index contributed by atoms with van der Waals surface area (Å²) in [6.45, 7) is 7.30. The van der Waals surface area contributed by atoms with E-state index in [1.165, 1.54) is 0 Å². The van der Waals surface area contributed by atoms with Crippen LogP contribution in [0.5, 0.6) is 0 Å². The molecule has 2 aromatic rings. The topological polar surface area (TPSA) is 81.2 Å². The molecule has 0 radical (unpaired) electrons. The average molecular weight is 586 g/mol. The van der Waals surface area contributed by atoms with Crippen molar-refractivity contribution in [1.82, 2.24) is 9.80 Å². The molecule has 1 N–H and O–H groups in total. The largest absolute Gasteiger partial charge is 0.394 e. The van der Waals surface area contributed by atoms with Crippen LogP contribution < -0.4 is 4.90 Å². The number of nitrogens with zero attached hydrogens (tertiary/aromatic N) is 3. The van der Waals surface area contributed by atoms with Gasteiger partial charge in [-0.2, -0.15) is 0 Å². The van der Waals surface area contributed by atoms with E-state index in [2.05, 4.69) is 6.08 Å². The third kappa shape index (κ3) is 4.60. The number of carbonyl (C=O) groups excluding carboxylic acids is 3. The molecule has 2 aromatic carbocycles. The summed E-state index contributed by atoms with van der Waals surface area (Å²) >= 11 is 1.58. The number of hydrogen-bond donors (Lipinski definition) is 1. The molecular weight excluding hydrogens is 546 g/mol. The van der Waals surface area contributed by atoms with Gasteiger partial charge in [-0.25, -0.2) is 0 Å². The molecule has 2 fully saturated rings. The van der Waals surface area contributed by atoms with Gasteiger partial charge in [0.05, 0.1) is 29.2 Å². The van der Waals surface area contributed by atoms with Crippen LogP contribution in [-0.4, -0.2) is 80.9 Å². The lowest BCUT2D eigenvalue weighted by atomic mass is 9.78. The molecule has 8 heteroatoms. The summed E-state index contributed by atoms with van der Waals surface area (Å²) in [5, 5.41) is 10.5. The molecule has 4 aliphatic heterocycles. The van der Waals surface area contributed by atoms with Gasteiger partial charge in [-0.3, -0.25) is 14.4 Å². The highest BCUT2D eigenvalue weighted by Gasteiger charge is 2.71. The van der Waals surface area contributed by atoms with Gasteiger partial charge in [0.2, 0.25) is 11.8 Å². The first kappa shape index (κ1) is 28.7. The van der Waals surface area contributed by atoms with Gasteiger partial charge in [0.25, 0.3) is 5.91 Å². The number of anilines is 1. The Kier molecular flexibility index (Phi) is 7.79. The van der Waals surface area contributed by atoms with Gasteiger partial charge in [0.1, 0.15) is 6.04 Å². The molecule has 0 saturated carbocycles. The molecule has 0 bridgehead atoms. The van der Waals surface area contributed by atoms with Crippen LogP contribution in [0.2, 0.25) is 0 Å². The highest BCUT2D eigenvalue weighted by Crippen LogP contribution is 2.61. The number of amides is 3. The van der Waals surface area contributed by atoms with E-state index >= 15 is 0 Å². The van der Waals surface area contributed by atoms with E-state index < -0.39 is 28.7 Å². The number of hydrogen-bond acceptors (Lipinski definition) is 5. The van der Waals surface area contributed by atoms with Gasteiger partial charge in [0, 0.05) is 30.6 Å². The number of benzene rings is 2. The lowest BCUT2D eigenvalue weighted by molar-refractivity contribution is -0.144. The zero-order chi connectivity index (χ0) is 29.6. The Morgan fingerprint density at radius 1 is 1.00 bits per heavy atom. The molecule has 6 atom stereocenters. The van der Waals surface area contributed by atoms with E-state index in [0.29, 0.717) is 26.1 Å². The predicted molar refractivity (Wildman–Crippen MR) is 166 cm³/mol. The molecule has 3 amide bonds. The molecule has 1 unspecified atom stereocenters. The van der Waals surface area contributed by atoms with E-state index in [1.807, 2.05) is 92.4 Å². The normalized spacial score (nSPS) is 29.3. The van der Waals surface area contributed by atoms with Crippen molar-refractivity contribution in [3.63, 3.8) is 0 Å². The first-order valence-electron chi connectivity index (χ1n) is 15.0. The van der Waals surface area contributed by atoms with Crippen molar-refractivity contribution in [1.29, 1.82) is 0 Å². The maximum atomic E-state index is 14.9. The van der Waals surface area contributed by atoms with Crippen molar-refractivity contribution in [2.24, 2.45) is 11.8 Å². The molecule has 4 heterocycles. The molecule has 2 saturated heterocycles. The van der Waals surface area contributed by atoms with Crippen LogP contribution in [0, 0.1) is 25.7 Å². The highest BCUT2D eigenvalue weighted by molar-refractivity contribution is 8.02. The number of thioether (sulfide) groups is 1. The van der Waals surface area contributed by atoms with E-state index in [9.17, 15) is 19.5 Å². The monoisotopic (exact) mass is 585 g/mol. The van der Waals surface area contributed by atoms with Gasteiger partial charge in [0.15, 0.2) is 0 Å². The second kappa shape index (κ2) is 11.4. The Balaban J connectivity index is 1.48. The van der Waals surface area contributed by atoms with Gasteiger partial charge in [-0.05, 0) is 49.4 Å².